The van der Waals surface area contributed by atoms with Crippen LogP contribution in [0.1, 0.15) is 24.0 Å². The fourth-order valence-electron chi connectivity index (χ4n) is 2.48. The monoisotopic (exact) mass is 232 g/mol. The molecular formula is C14H20N2O. The van der Waals surface area contributed by atoms with Crippen LogP contribution < -0.4 is 5.73 Å². The van der Waals surface area contributed by atoms with Gasteiger partial charge in [0.1, 0.15) is 0 Å². The molecule has 1 aliphatic rings. The van der Waals surface area contributed by atoms with Crippen LogP contribution in [0, 0.1) is 6.92 Å². The second-order valence-electron chi connectivity index (χ2n) is 4.72. The van der Waals surface area contributed by atoms with Crippen molar-refractivity contribution in [2.24, 2.45) is 5.73 Å². The van der Waals surface area contributed by atoms with Gasteiger partial charge in [-0.25, -0.2) is 0 Å². The van der Waals surface area contributed by atoms with E-state index in [-0.39, 0.29) is 11.9 Å². The van der Waals surface area contributed by atoms with Crippen LogP contribution in [0.5, 0.6) is 0 Å². The van der Waals surface area contributed by atoms with Crippen LogP contribution in [0.15, 0.2) is 24.3 Å². The van der Waals surface area contributed by atoms with Crippen LogP contribution in [-0.2, 0) is 11.2 Å². The van der Waals surface area contributed by atoms with E-state index in [1.807, 2.05) is 36.1 Å². The SMILES string of the molecule is Cc1ccccc1CC(=O)N1CCC[C@H]1CN. The van der Waals surface area contributed by atoms with E-state index >= 15 is 0 Å². The van der Waals surface area contributed by atoms with Crippen LogP contribution in [0.25, 0.3) is 0 Å². The van der Waals surface area contributed by atoms with E-state index < -0.39 is 0 Å². The number of nitrogens with two attached hydrogens (primary N) is 1. The Labute approximate surface area is 103 Å². The molecule has 1 fully saturated rings. The molecule has 0 aromatic heterocycles. The van der Waals surface area contributed by atoms with Crippen LogP contribution in [0.4, 0.5) is 0 Å². The van der Waals surface area contributed by atoms with Gasteiger partial charge in [-0.1, -0.05) is 24.3 Å². The van der Waals surface area contributed by atoms with Gasteiger partial charge in [0.05, 0.1) is 6.42 Å². The summed E-state index contributed by atoms with van der Waals surface area (Å²) in [6.07, 6.45) is 2.64. The molecule has 2 rings (SSSR count). The molecule has 2 N–H and O–H groups in total. The highest BCUT2D eigenvalue weighted by molar-refractivity contribution is 5.79. The highest BCUT2D eigenvalue weighted by Crippen LogP contribution is 2.18. The minimum Gasteiger partial charge on any atom is -0.338 e. The quantitative estimate of drug-likeness (QED) is 0.858. The number of rotatable bonds is 3. The van der Waals surface area contributed by atoms with E-state index in [4.69, 9.17) is 5.73 Å². The van der Waals surface area contributed by atoms with Crippen molar-refractivity contribution < 1.29 is 4.79 Å². The number of carbonyl (C=O) groups is 1. The Morgan fingerprint density at radius 3 is 2.94 bits per heavy atom. The minimum atomic E-state index is 0.215. The van der Waals surface area contributed by atoms with Gasteiger partial charge in [0.25, 0.3) is 0 Å². The number of amides is 1. The maximum absolute atomic E-state index is 12.2. The van der Waals surface area contributed by atoms with E-state index in [9.17, 15) is 4.79 Å². The Bertz CT molecular complexity index is 403. The van der Waals surface area contributed by atoms with Crippen molar-refractivity contribution >= 4 is 5.91 Å². The lowest BCUT2D eigenvalue weighted by Crippen LogP contribution is -2.40. The molecular weight excluding hydrogens is 212 g/mol. The third-order valence-electron chi connectivity index (χ3n) is 3.57. The topological polar surface area (TPSA) is 46.3 Å². The predicted octanol–water partition coefficient (Wildman–Crippen LogP) is 1.49. The summed E-state index contributed by atoms with van der Waals surface area (Å²) in [4.78, 5) is 14.2. The fraction of sp³-hybridized carbons (Fsp3) is 0.500. The van der Waals surface area contributed by atoms with E-state index in [1.54, 1.807) is 0 Å². The van der Waals surface area contributed by atoms with Gasteiger partial charge in [0, 0.05) is 19.1 Å². The summed E-state index contributed by atoms with van der Waals surface area (Å²) in [6, 6.07) is 8.32. The highest BCUT2D eigenvalue weighted by atomic mass is 16.2. The number of benzene rings is 1. The lowest BCUT2D eigenvalue weighted by molar-refractivity contribution is -0.131. The third-order valence-corrected chi connectivity index (χ3v) is 3.57. The van der Waals surface area contributed by atoms with Crippen LogP contribution in [-0.4, -0.2) is 29.9 Å². The van der Waals surface area contributed by atoms with Gasteiger partial charge < -0.3 is 10.6 Å². The van der Waals surface area contributed by atoms with E-state index in [0.717, 1.165) is 24.9 Å². The first-order valence-electron chi connectivity index (χ1n) is 6.26. The first-order valence-corrected chi connectivity index (χ1v) is 6.26. The minimum absolute atomic E-state index is 0.215. The van der Waals surface area contributed by atoms with Crippen molar-refractivity contribution in [3.8, 4) is 0 Å². The molecule has 0 unspecified atom stereocenters. The molecule has 0 bridgehead atoms. The van der Waals surface area contributed by atoms with Gasteiger partial charge in [-0.2, -0.15) is 0 Å². The van der Waals surface area contributed by atoms with Crippen molar-refractivity contribution in [3.63, 3.8) is 0 Å². The standard InChI is InChI=1S/C14H20N2O/c1-11-5-2-3-6-12(11)9-14(17)16-8-4-7-13(16)10-15/h2-3,5-6,13H,4,7-10,15H2,1H3/t13-/m0/s1. The second-order valence-corrected chi connectivity index (χ2v) is 4.72. The zero-order valence-corrected chi connectivity index (χ0v) is 10.4. The summed E-state index contributed by atoms with van der Waals surface area (Å²) in [5.41, 5.74) is 8.00. The summed E-state index contributed by atoms with van der Waals surface area (Å²) in [5.74, 6) is 0.215. The molecule has 17 heavy (non-hydrogen) atoms. The highest BCUT2D eigenvalue weighted by Gasteiger charge is 2.27. The molecule has 1 saturated heterocycles. The zero-order chi connectivity index (χ0) is 12.3. The summed E-state index contributed by atoms with van der Waals surface area (Å²) in [6.45, 7) is 3.50. The second kappa shape index (κ2) is 5.32. The van der Waals surface area contributed by atoms with Gasteiger partial charge >= 0.3 is 0 Å². The van der Waals surface area contributed by atoms with Gasteiger partial charge in [-0.05, 0) is 30.9 Å². The third kappa shape index (κ3) is 2.67. The number of likely N-dealkylation sites (tertiary alicyclic amines) is 1. The Balaban J connectivity index is 2.04. The van der Waals surface area contributed by atoms with Crippen LogP contribution in [0.2, 0.25) is 0 Å². The van der Waals surface area contributed by atoms with Gasteiger partial charge in [-0.15, -0.1) is 0 Å². The molecule has 0 spiro atoms. The van der Waals surface area contributed by atoms with Crippen molar-refractivity contribution in [1.29, 1.82) is 0 Å². The molecule has 3 nitrogen and oxygen atoms in total. The van der Waals surface area contributed by atoms with Gasteiger partial charge in [-0.3, -0.25) is 4.79 Å². The smallest absolute Gasteiger partial charge is 0.227 e. The molecule has 0 radical (unpaired) electrons. The first kappa shape index (κ1) is 12.1. The van der Waals surface area contributed by atoms with Crippen LogP contribution in [0.3, 0.4) is 0 Å². The van der Waals surface area contributed by atoms with Crippen molar-refractivity contribution in [2.75, 3.05) is 13.1 Å². The molecule has 0 aliphatic carbocycles. The van der Waals surface area contributed by atoms with Crippen molar-refractivity contribution in [1.82, 2.24) is 4.90 Å². The van der Waals surface area contributed by atoms with Crippen molar-refractivity contribution in [2.45, 2.75) is 32.2 Å². The number of aryl methyl sites for hydroxylation is 1. The molecule has 92 valence electrons. The molecule has 1 aromatic carbocycles. The maximum Gasteiger partial charge on any atom is 0.227 e. The summed E-state index contributed by atoms with van der Waals surface area (Å²) in [7, 11) is 0. The molecule has 3 heteroatoms. The number of carbonyl (C=O) groups excluding carboxylic acids is 1. The van der Waals surface area contributed by atoms with E-state index in [2.05, 4.69) is 0 Å². The normalized spacial score (nSPS) is 19.6. The molecule has 1 heterocycles. The molecule has 1 amide bonds. The fourth-order valence-corrected chi connectivity index (χ4v) is 2.48. The lowest BCUT2D eigenvalue weighted by atomic mass is 10.1. The lowest BCUT2D eigenvalue weighted by Gasteiger charge is -2.23. The summed E-state index contributed by atoms with van der Waals surface area (Å²) >= 11 is 0. The number of hydrogen-bond acceptors (Lipinski definition) is 2. The largest absolute Gasteiger partial charge is 0.338 e. The van der Waals surface area contributed by atoms with Crippen molar-refractivity contribution in [3.05, 3.63) is 35.4 Å². The Kier molecular flexibility index (Phi) is 3.79. The Morgan fingerprint density at radius 1 is 1.47 bits per heavy atom. The maximum atomic E-state index is 12.2. The predicted molar refractivity (Wildman–Crippen MR) is 68.7 cm³/mol. The average Bonchev–Trinajstić information content (AvgIpc) is 2.80. The number of hydrogen-bond donors (Lipinski definition) is 1. The summed E-state index contributed by atoms with van der Waals surface area (Å²) in [5, 5.41) is 0. The average molecular weight is 232 g/mol. The van der Waals surface area contributed by atoms with Gasteiger partial charge in [0.15, 0.2) is 0 Å². The Hall–Kier alpha value is -1.35. The van der Waals surface area contributed by atoms with Gasteiger partial charge in [0.2, 0.25) is 5.91 Å². The summed E-state index contributed by atoms with van der Waals surface area (Å²) < 4.78 is 0. The number of nitrogens with zero attached hydrogens (tertiary/aromatic N) is 1. The molecule has 1 aliphatic heterocycles. The van der Waals surface area contributed by atoms with E-state index in [1.165, 1.54) is 5.56 Å². The zero-order valence-electron chi connectivity index (χ0n) is 10.4. The molecule has 1 aromatic rings. The Morgan fingerprint density at radius 2 is 2.24 bits per heavy atom. The van der Waals surface area contributed by atoms with E-state index in [0.29, 0.717) is 13.0 Å². The molecule has 0 saturated carbocycles. The first-order chi connectivity index (χ1) is 8.22. The van der Waals surface area contributed by atoms with Crippen LogP contribution >= 0.6 is 0 Å². The molecule has 1 atom stereocenters.